The third-order valence-corrected chi connectivity index (χ3v) is 7.07. The fourth-order valence-corrected chi connectivity index (χ4v) is 4.87. The van der Waals surface area contributed by atoms with Crippen LogP contribution in [0.1, 0.15) is 42.1 Å². The van der Waals surface area contributed by atoms with Crippen LogP contribution in [-0.2, 0) is 30.3 Å². The van der Waals surface area contributed by atoms with Crippen LogP contribution in [0, 0.1) is 0 Å². The summed E-state index contributed by atoms with van der Waals surface area (Å²) >= 11 is 0. The summed E-state index contributed by atoms with van der Waals surface area (Å²) in [6, 6.07) is 11.9. The number of piperidine rings is 1. The van der Waals surface area contributed by atoms with E-state index in [0.29, 0.717) is 76.9 Å². The average Bonchev–Trinajstić information content (AvgIpc) is 3.34. The zero-order valence-electron chi connectivity index (χ0n) is 25.1. The molecule has 2 heterocycles. The van der Waals surface area contributed by atoms with E-state index in [-0.39, 0.29) is 24.3 Å². The van der Waals surface area contributed by atoms with Crippen LogP contribution >= 0.6 is 0 Å². The van der Waals surface area contributed by atoms with Gasteiger partial charge in [-0.05, 0) is 60.9 Å². The monoisotopic (exact) mass is 610 g/mol. The fourth-order valence-electron chi connectivity index (χ4n) is 4.87. The van der Waals surface area contributed by atoms with Gasteiger partial charge in [-0.25, -0.2) is 4.79 Å². The Bertz CT molecular complexity index is 1270. The number of nitrogens with one attached hydrogen (secondary N) is 5. The first-order valence-electron chi connectivity index (χ1n) is 15.1. The van der Waals surface area contributed by atoms with E-state index in [1.54, 1.807) is 12.1 Å². The van der Waals surface area contributed by atoms with Crippen molar-refractivity contribution in [3.05, 3.63) is 53.6 Å². The lowest BCUT2D eigenvalue weighted by Gasteiger charge is -2.29. The molecule has 0 bridgehead atoms. The van der Waals surface area contributed by atoms with Crippen molar-refractivity contribution in [2.24, 2.45) is 0 Å². The highest BCUT2D eigenvalue weighted by Crippen LogP contribution is 2.29. The van der Waals surface area contributed by atoms with Crippen molar-refractivity contribution in [3.8, 4) is 0 Å². The smallest absolute Gasteiger partial charge is 0.319 e. The molecular formula is C31H42N6O7. The molecule has 238 valence electrons. The molecule has 0 aliphatic carbocycles. The number of imide groups is 1. The van der Waals surface area contributed by atoms with E-state index >= 15 is 0 Å². The van der Waals surface area contributed by atoms with E-state index < -0.39 is 11.9 Å². The molecule has 0 radical (unpaired) electrons. The molecule has 5 N–H and O–H groups in total. The summed E-state index contributed by atoms with van der Waals surface area (Å²) in [5, 5.41) is 14.5. The molecule has 0 saturated carbocycles. The van der Waals surface area contributed by atoms with Crippen molar-refractivity contribution in [2.45, 2.75) is 38.8 Å². The number of carbonyl (C=O) groups excluding carboxylic acids is 4. The molecule has 1 saturated heterocycles. The van der Waals surface area contributed by atoms with Gasteiger partial charge in [-0.3, -0.25) is 19.7 Å². The Labute approximate surface area is 257 Å². The molecule has 44 heavy (non-hydrogen) atoms. The SMILES string of the molecule is CCCOCCOCCOCCNc1ccc(NC(=O)NCCNc2ccc3c(c2)CN(C2CCC(=O)NC2=O)C3=O)cc1. The Hall–Kier alpha value is -4.20. The van der Waals surface area contributed by atoms with E-state index in [0.717, 1.165) is 30.0 Å². The number of benzene rings is 2. The second-order valence-corrected chi connectivity index (χ2v) is 10.4. The van der Waals surface area contributed by atoms with E-state index in [1.165, 1.54) is 4.90 Å². The number of hydrogen-bond acceptors (Lipinski definition) is 9. The summed E-state index contributed by atoms with van der Waals surface area (Å²) in [5.41, 5.74) is 3.76. The topological polar surface area (TPSA) is 159 Å². The molecule has 5 amide bonds. The molecule has 2 aliphatic heterocycles. The lowest BCUT2D eigenvalue weighted by molar-refractivity contribution is -0.136. The molecule has 2 aliphatic rings. The van der Waals surface area contributed by atoms with Gasteiger partial charge >= 0.3 is 6.03 Å². The number of anilines is 3. The molecular weight excluding hydrogens is 568 g/mol. The van der Waals surface area contributed by atoms with E-state index in [1.807, 2.05) is 30.3 Å². The first-order valence-corrected chi connectivity index (χ1v) is 15.1. The van der Waals surface area contributed by atoms with Gasteiger partial charge in [-0.15, -0.1) is 0 Å². The van der Waals surface area contributed by atoms with Crippen LogP contribution in [0.2, 0.25) is 0 Å². The summed E-state index contributed by atoms with van der Waals surface area (Å²) in [6.45, 7) is 7.45. The Morgan fingerprint density at radius 1 is 0.841 bits per heavy atom. The van der Waals surface area contributed by atoms with Crippen LogP contribution < -0.4 is 26.6 Å². The Morgan fingerprint density at radius 2 is 1.50 bits per heavy atom. The summed E-state index contributed by atoms with van der Waals surface area (Å²) in [4.78, 5) is 50.4. The van der Waals surface area contributed by atoms with Gasteiger partial charge in [0.1, 0.15) is 6.04 Å². The first kappa shape index (κ1) is 32.7. The van der Waals surface area contributed by atoms with Gasteiger partial charge in [-0.2, -0.15) is 0 Å². The minimum Gasteiger partial charge on any atom is -0.383 e. The van der Waals surface area contributed by atoms with Gasteiger partial charge < -0.3 is 40.4 Å². The van der Waals surface area contributed by atoms with Gasteiger partial charge in [0.25, 0.3) is 5.91 Å². The molecule has 13 nitrogen and oxygen atoms in total. The molecule has 0 spiro atoms. The second kappa shape index (κ2) is 17.2. The average molecular weight is 611 g/mol. The third-order valence-electron chi connectivity index (χ3n) is 7.07. The molecule has 0 aromatic heterocycles. The molecule has 1 unspecified atom stereocenters. The van der Waals surface area contributed by atoms with Crippen molar-refractivity contribution in [2.75, 3.05) is 75.2 Å². The highest BCUT2D eigenvalue weighted by Gasteiger charge is 2.39. The van der Waals surface area contributed by atoms with Crippen LogP contribution in [0.15, 0.2) is 42.5 Å². The number of ether oxygens (including phenoxy) is 3. The highest BCUT2D eigenvalue weighted by molar-refractivity contribution is 6.05. The lowest BCUT2D eigenvalue weighted by Crippen LogP contribution is -2.52. The standard InChI is InChI=1S/C31H42N6O7/c1-2-14-42-16-18-44-19-17-43-15-13-33-23-3-5-24(6-4-23)35-31(41)34-12-11-32-25-7-8-26-22(20-25)21-37(30(26)40)27-9-10-28(38)36-29(27)39/h3-8,20,27,32-33H,2,9-19,21H2,1H3,(H2,34,35,41)(H,36,38,39). The van der Waals surface area contributed by atoms with Crippen LogP contribution in [0.3, 0.4) is 0 Å². The molecule has 2 aromatic carbocycles. The summed E-state index contributed by atoms with van der Waals surface area (Å²) in [7, 11) is 0. The number of amides is 5. The maximum absolute atomic E-state index is 12.8. The number of carbonyl (C=O) groups is 4. The van der Waals surface area contributed by atoms with E-state index in [9.17, 15) is 19.2 Å². The molecule has 2 aromatic rings. The van der Waals surface area contributed by atoms with Crippen molar-refractivity contribution in [3.63, 3.8) is 0 Å². The number of nitrogens with zero attached hydrogens (tertiary/aromatic N) is 1. The normalized spacial score (nSPS) is 16.0. The maximum Gasteiger partial charge on any atom is 0.319 e. The van der Waals surface area contributed by atoms with Gasteiger partial charge in [0.2, 0.25) is 11.8 Å². The van der Waals surface area contributed by atoms with Crippen molar-refractivity contribution < 1.29 is 33.4 Å². The van der Waals surface area contributed by atoms with Gasteiger partial charge in [0.05, 0.1) is 33.0 Å². The predicted octanol–water partition coefficient (Wildman–Crippen LogP) is 2.55. The Kier molecular flexibility index (Phi) is 12.8. The Morgan fingerprint density at radius 3 is 2.23 bits per heavy atom. The third kappa shape index (κ3) is 9.93. The van der Waals surface area contributed by atoms with Crippen LogP contribution in [0.5, 0.6) is 0 Å². The van der Waals surface area contributed by atoms with Gasteiger partial charge in [0.15, 0.2) is 0 Å². The number of hydrogen-bond donors (Lipinski definition) is 5. The van der Waals surface area contributed by atoms with Crippen molar-refractivity contribution >= 4 is 40.8 Å². The molecule has 4 rings (SSSR count). The van der Waals surface area contributed by atoms with Crippen LogP contribution in [0.25, 0.3) is 0 Å². The summed E-state index contributed by atoms with van der Waals surface area (Å²) in [5.74, 6) is -0.950. The number of urea groups is 1. The lowest BCUT2D eigenvalue weighted by atomic mass is 10.0. The first-order chi connectivity index (χ1) is 21.4. The fraction of sp³-hybridized carbons (Fsp3) is 0.484. The van der Waals surface area contributed by atoms with Crippen molar-refractivity contribution in [1.82, 2.24) is 15.5 Å². The molecule has 1 fully saturated rings. The largest absolute Gasteiger partial charge is 0.383 e. The van der Waals surface area contributed by atoms with Crippen molar-refractivity contribution in [1.29, 1.82) is 0 Å². The summed E-state index contributed by atoms with van der Waals surface area (Å²) < 4.78 is 16.3. The zero-order valence-corrected chi connectivity index (χ0v) is 25.1. The minimum absolute atomic E-state index is 0.210. The number of fused-ring (bicyclic) bond motifs is 1. The second-order valence-electron chi connectivity index (χ2n) is 10.4. The molecule has 1 atom stereocenters. The van der Waals surface area contributed by atoms with E-state index in [4.69, 9.17) is 14.2 Å². The molecule has 13 heteroatoms. The zero-order chi connectivity index (χ0) is 31.1. The van der Waals surface area contributed by atoms with Crippen LogP contribution in [-0.4, -0.2) is 94.0 Å². The van der Waals surface area contributed by atoms with Gasteiger partial charge in [-0.1, -0.05) is 6.92 Å². The van der Waals surface area contributed by atoms with Gasteiger partial charge in [0, 0.05) is 61.8 Å². The highest BCUT2D eigenvalue weighted by atomic mass is 16.5. The summed E-state index contributed by atoms with van der Waals surface area (Å²) in [6.07, 6.45) is 1.55. The predicted molar refractivity (Wildman–Crippen MR) is 166 cm³/mol. The Balaban J connectivity index is 1.07. The van der Waals surface area contributed by atoms with E-state index in [2.05, 4.69) is 33.5 Å². The maximum atomic E-state index is 12.8. The van der Waals surface area contributed by atoms with Crippen LogP contribution in [0.4, 0.5) is 21.9 Å². The number of rotatable bonds is 18. The minimum atomic E-state index is -0.643. The quantitative estimate of drug-likeness (QED) is 0.126.